The maximum atomic E-state index is 6.16. The maximum Gasteiger partial charge on any atom is 0.153 e. The zero-order chi connectivity index (χ0) is 14.9. The standard InChI is InChI=1S/C19H22N2O/c1-14-2-4-16(5-3-14)18-7-6-17(13-20-18)22-19-12-15-8-10-21(19)11-9-15/h2-7,13,15,19H,8-12H2,1H3/t19-/m1/s1. The highest BCUT2D eigenvalue weighted by Crippen LogP contribution is 2.33. The van der Waals surface area contributed by atoms with Gasteiger partial charge in [-0.1, -0.05) is 29.8 Å². The molecule has 0 aliphatic carbocycles. The van der Waals surface area contributed by atoms with Gasteiger partial charge in [-0.3, -0.25) is 9.88 Å². The molecule has 5 rings (SSSR count). The van der Waals surface area contributed by atoms with Crippen LogP contribution in [-0.2, 0) is 0 Å². The van der Waals surface area contributed by atoms with E-state index in [-0.39, 0.29) is 6.23 Å². The van der Waals surface area contributed by atoms with Crippen LogP contribution < -0.4 is 4.74 Å². The molecule has 0 saturated carbocycles. The third-order valence-corrected chi connectivity index (χ3v) is 4.95. The number of benzene rings is 1. The molecule has 3 nitrogen and oxygen atoms in total. The van der Waals surface area contributed by atoms with E-state index in [0.29, 0.717) is 0 Å². The first-order valence-corrected chi connectivity index (χ1v) is 8.22. The topological polar surface area (TPSA) is 25.4 Å². The Bertz CT molecular complexity index is 627. The van der Waals surface area contributed by atoms with Gasteiger partial charge in [-0.2, -0.15) is 0 Å². The Morgan fingerprint density at radius 2 is 1.82 bits per heavy atom. The lowest BCUT2D eigenvalue weighted by Crippen LogP contribution is -2.51. The van der Waals surface area contributed by atoms with Crippen molar-refractivity contribution in [1.82, 2.24) is 9.88 Å². The van der Waals surface area contributed by atoms with E-state index in [1.165, 1.54) is 37.9 Å². The van der Waals surface area contributed by atoms with E-state index in [1.807, 2.05) is 12.3 Å². The number of ether oxygens (including phenoxy) is 1. The van der Waals surface area contributed by atoms with Crippen molar-refractivity contribution >= 4 is 0 Å². The molecular weight excluding hydrogens is 272 g/mol. The van der Waals surface area contributed by atoms with E-state index in [2.05, 4.69) is 47.1 Å². The monoisotopic (exact) mass is 294 g/mol. The van der Waals surface area contributed by atoms with Gasteiger partial charge in [0.15, 0.2) is 6.23 Å². The molecule has 3 fully saturated rings. The van der Waals surface area contributed by atoms with Crippen LogP contribution >= 0.6 is 0 Å². The van der Waals surface area contributed by atoms with Crippen LogP contribution in [0, 0.1) is 12.8 Å². The Labute approximate surface area is 131 Å². The average Bonchev–Trinajstić information content (AvgIpc) is 2.58. The fourth-order valence-electron chi connectivity index (χ4n) is 3.54. The predicted octanol–water partition coefficient (Wildman–Crippen LogP) is 3.88. The van der Waals surface area contributed by atoms with Crippen LogP contribution in [0.25, 0.3) is 11.3 Å². The lowest BCUT2D eigenvalue weighted by molar-refractivity contribution is -0.0606. The summed E-state index contributed by atoms with van der Waals surface area (Å²) in [6, 6.07) is 12.6. The molecule has 0 amide bonds. The Balaban J connectivity index is 1.46. The first-order chi connectivity index (χ1) is 10.8. The molecule has 0 N–H and O–H groups in total. The van der Waals surface area contributed by atoms with Crippen LogP contribution in [0.15, 0.2) is 42.6 Å². The van der Waals surface area contributed by atoms with E-state index < -0.39 is 0 Å². The Morgan fingerprint density at radius 3 is 2.41 bits per heavy atom. The van der Waals surface area contributed by atoms with E-state index in [1.54, 1.807) is 0 Å². The summed E-state index contributed by atoms with van der Waals surface area (Å²) in [4.78, 5) is 7.03. The molecule has 114 valence electrons. The van der Waals surface area contributed by atoms with Crippen LogP contribution in [0.4, 0.5) is 0 Å². The van der Waals surface area contributed by atoms with Crippen molar-refractivity contribution in [1.29, 1.82) is 0 Å². The molecule has 0 spiro atoms. The van der Waals surface area contributed by atoms with Crippen LogP contribution in [0.1, 0.15) is 24.8 Å². The lowest BCUT2D eigenvalue weighted by Gasteiger charge is -2.44. The Morgan fingerprint density at radius 1 is 1.05 bits per heavy atom. The summed E-state index contributed by atoms with van der Waals surface area (Å²) in [6.07, 6.45) is 5.95. The highest BCUT2D eigenvalue weighted by Gasteiger charge is 2.34. The summed E-state index contributed by atoms with van der Waals surface area (Å²) in [6.45, 7) is 4.47. The fraction of sp³-hybridized carbons (Fsp3) is 0.421. The van der Waals surface area contributed by atoms with Crippen LogP contribution in [0.2, 0.25) is 0 Å². The van der Waals surface area contributed by atoms with Crippen molar-refractivity contribution in [3.8, 4) is 17.0 Å². The molecule has 22 heavy (non-hydrogen) atoms. The van der Waals surface area contributed by atoms with Gasteiger partial charge in [-0.15, -0.1) is 0 Å². The van der Waals surface area contributed by atoms with Gasteiger partial charge in [0.25, 0.3) is 0 Å². The Kier molecular flexibility index (Phi) is 3.59. The molecule has 3 aliphatic rings. The summed E-state index contributed by atoms with van der Waals surface area (Å²) in [5.41, 5.74) is 3.42. The molecule has 0 radical (unpaired) electrons. The van der Waals surface area contributed by atoms with Gasteiger partial charge in [-0.05, 0) is 37.8 Å². The molecule has 1 aromatic carbocycles. The molecule has 1 aromatic heterocycles. The minimum atomic E-state index is 0.250. The zero-order valence-corrected chi connectivity index (χ0v) is 13.0. The number of pyridine rings is 1. The number of fused-ring (bicyclic) bond motifs is 3. The number of rotatable bonds is 3. The molecule has 4 heterocycles. The summed E-state index contributed by atoms with van der Waals surface area (Å²) in [5, 5.41) is 0. The molecule has 0 unspecified atom stereocenters. The Hall–Kier alpha value is -1.87. The highest BCUT2D eigenvalue weighted by molar-refractivity contribution is 5.59. The van der Waals surface area contributed by atoms with Crippen molar-refractivity contribution in [2.45, 2.75) is 32.4 Å². The third kappa shape index (κ3) is 2.73. The second-order valence-electron chi connectivity index (χ2n) is 6.53. The van der Waals surface area contributed by atoms with Crippen LogP contribution in [0.5, 0.6) is 5.75 Å². The van der Waals surface area contributed by atoms with Crippen LogP contribution in [0.3, 0.4) is 0 Å². The van der Waals surface area contributed by atoms with Crippen LogP contribution in [-0.4, -0.2) is 29.2 Å². The van der Waals surface area contributed by atoms with Gasteiger partial charge in [-0.25, -0.2) is 0 Å². The van der Waals surface area contributed by atoms with Gasteiger partial charge in [0, 0.05) is 25.1 Å². The fourth-order valence-corrected chi connectivity index (χ4v) is 3.54. The molecule has 2 aromatic rings. The SMILES string of the molecule is Cc1ccc(-c2ccc(O[C@@H]3CC4CCN3CC4)cn2)cc1. The number of aromatic nitrogens is 1. The van der Waals surface area contributed by atoms with Gasteiger partial charge in [0.2, 0.25) is 0 Å². The maximum absolute atomic E-state index is 6.16. The smallest absolute Gasteiger partial charge is 0.153 e. The second-order valence-corrected chi connectivity index (χ2v) is 6.53. The predicted molar refractivity (Wildman–Crippen MR) is 87.7 cm³/mol. The molecule has 2 bridgehead atoms. The minimum Gasteiger partial charge on any atom is -0.473 e. The average molecular weight is 294 g/mol. The van der Waals surface area contributed by atoms with Gasteiger partial charge < -0.3 is 4.74 Å². The van der Waals surface area contributed by atoms with Crippen molar-refractivity contribution < 1.29 is 4.74 Å². The van der Waals surface area contributed by atoms with Gasteiger partial charge in [0.1, 0.15) is 5.75 Å². The quantitative estimate of drug-likeness (QED) is 0.859. The second kappa shape index (κ2) is 5.73. The first-order valence-electron chi connectivity index (χ1n) is 8.22. The molecule has 1 atom stereocenters. The van der Waals surface area contributed by atoms with Gasteiger partial charge in [0.05, 0.1) is 11.9 Å². The summed E-state index contributed by atoms with van der Waals surface area (Å²) in [7, 11) is 0. The van der Waals surface area contributed by atoms with Crippen molar-refractivity contribution in [3.05, 3.63) is 48.2 Å². The summed E-state index contributed by atoms with van der Waals surface area (Å²) < 4.78 is 6.16. The molecule has 3 heteroatoms. The molecular formula is C19H22N2O. The summed E-state index contributed by atoms with van der Waals surface area (Å²) >= 11 is 0. The first kappa shape index (κ1) is 13.8. The van der Waals surface area contributed by atoms with E-state index in [4.69, 9.17) is 4.74 Å². The van der Waals surface area contributed by atoms with Crippen molar-refractivity contribution in [2.75, 3.05) is 13.1 Å². The van der Waals surface area contributed by atoms with Gasteiger partial charge >= 0.3 is 0 Å². The van der Waals surface area contributed by atoms with Crippen molar-refractivity contribution in [3.63, 3.8) is 0 Å². The highest BCUT2D eigenvalue weighted by atomic mass is 16.5. The minimum absolute atomic E-state index is 0.250. The normalized spacial score (nSPS) is 26.9. The molecule has 3 aliphatic heterocycles. The number of hydrogen-bond donors (Lipinski definition) is 0. The number of piperidine rings is 3. The lowest BCUT2D eigenvalue weighted by atomic mass is 9.87. The number of nitrogens with zero attached hydrogens (tertiary/aromatic N) is 2. The summed E-state index contributed by atoms with van der Waals surface area (Å²) in [5.74, 6) is 1.74. The third-order valence-electron chi connectivity index (χ3n) is 4.95. The number of aryl methyl sites for hydroxylation is 1. The van der Waals surface area contributed by atoms with Crippen molar-refractivity contribution in [2.24, 2.45) is 5.92 Å². The van der Waals surface area contributed by atoms with E-state index >= 15 is 0 Å². The van der Waals surface area contributed by atoms with E-state index in [9.17, 15) is 0 Å². The molecule has 3 saturated heterocycles. The van der Waals surface area contributed by atoms with E-state index in [0.717, 1.165) is 22.9 Å². The number of hydrogen-bond acceptors (Lipinski definition) is 3. The largest absolute Gasteiger partial charge is 0.473 e. The zero-order valence-electron chi connectivity index (χ0n) is 13.0.